The fraction of sp³-hybridized carbons (Fsp3) is 0.100. The highest BCUT2D eigenvalue weighted by molar-refractivity contribution is 5.97. The van der Waals surface area contributed by atoms with Gasteiger partial charge in [0.05, 0.1) is 39.1 Å². The van der Waals surface area contributed by atoms with Crippen LogP contribution in [0.25, 0.3) is 43.6 Å². The van der Waals surface area contributed by atoms with Gasteiger partial charge in [0.2, 0.25) is 0 Å². The molecule has 67 heavy (non-hydrogen) atoms. The number of fused-ring (bicyclic) bond motifs is 8. The number of benzene rings is 7. The second-order valence-corrected chi connectivity index (χ2v) is 18.8. The summed E-state index contributed by atoms with van der Waals surface area (Å²) in [5, 5.41) is 4.36. The van der Waals surface area contributed by atoms with E-state index in [-0.39, 0.29) is 5.41 Å². The zero-order valence-corrected chi connectivity index (χ0v) is 37.7. The molecule has 2 aliphatic heterocycles. The lowest BCUT2D eigenvalue weighted by Gasteiger charge is -2.50. The van der Waals surface area contributed by atoms with Gasteiger partial charge in [-0.1, -0.05) is 119 Å². The van der Waals surface area contributed by atoms with Crippen molar-refractivity contribution in [3.05, 3.63) is 222 Å². The first-order valence-corrected chi connectivity index (χ1v) is 23.0. The van der Waals surface area contributed by atoms with Crippen LogP contribution in [0.2, 0.25) is 0 Å². The Balaban J connectivity index is 1.06. The lowest BCUT2D eigenvalue weighted by atomic mass is 9.66. The van der Waals surface area contributed by atoms with Crippen molar-refractivity contribution in [2.24, 2.45) is 0 Å². The Hall–Kier alpha value is -8.42. The van der Waals surface area contributed by atoms with Gasteiger partial charge in [0.15, 0.2) is 0 Å². The van der Waals surface area contributed by atoms with Gasteiger partial charge in [0.25, 0.3) is 0 Å². The van der Waals surface area contributed by atoms with Crippen LogP contribution in [-0.2, 0) is 10.8 Å². The van der Waals surface area contributed by atoms with Gasteiger partial charge in [-0.25, -0.2) is 19.9 Å². The van der Waals surface area contributed by atoms with Crippen LogP contribution in [0.15, 0.2) is 200 Å². The van der Waals surface area contributed by atoms with Crippen molar-refractivity contribution in [3.8, 4) is 0 Å². The Morgan fingerprint density at radius 1 is 0.328 bits per heavy atom. The number of hydrogen-bond donors (Lipinski definition) is 0. The van der Waals surface area contributed by atoms with Crippen molar-refractivity contribution >= 4 is 95.3 Å². The molecule has 0 radical (unpaired) electrons. The van der Waals surface area contributed by atoms with E-state index in [4.69, 9.17) is 19.9 Å². The third-order valence-corrected chi connectivity index (χ3v) is 14.1. The fourth-order valence-corrected chi connectivity index (χ4v) is 10.6. The molecule has 0 saturated heterocycles. The van der Waals surface area contributed by atoms with Gasteiger partial charge in [-0.3, -0.25) is 9.80 Å². The molecule has 2 aliphatic rings. The first-order valence-electron chi connectivity index (χ1n) is 23.0. The predicted molar refractivity (Wildman–Crippen MR) is 276 cm³/mol. The number of para-hydroxylation sites is 5. The molecule has 0 aliphatic carbocycles. The monoisotopic (exact) mass is 863 g/mol. The Bertz CT molecular complexity index is 3660. The molecular weight excluding hydrogens is 819 g/mol. The van der Waals surface area contributed by atoms with Crippen LogP contribution < -0.4 is 14.7 Å². The predicted octanol–water partition coefficient (Wildman–Crippen LogP) is 15.6. The maximum Gasteiger partial charge on any atom is 0.139 e. The molecule has 4 aromatic heterocycles. The van der Waals surface area contributed by atoms with Crippen molar-refractivity contribution < 1.29 is 0 Å². The van der Waals surface area contributed by atoms with Crippen molar-refractivity contribution in [3.63, 3.8) is 0 Å². The highest BCUT2D eigenvalue weighted by Gasteiger charge is 2.46. The highest BCUT2D eigenvalue weighted by Crippen LogP contribution is 2.62. The largest absolute Gasteiger partial charge is 0.309 e. The van der Waals surface area contributed by atoms with E-state index in [2.05, 4.69) is 230 Å². The van der Waals surface area contributed by atoms with Gasteiger partial charge in [0, 0.05) is 43.7 Å². The normalized spacial score (nSPS) is 14.2. The molecule has 0 fully saturated rings. The number of anilines is 9. The molecule has 0 amide bonds. The first kappa shape index (κ1) is 39.0. The molecule has 0 atom stereocenters. The van der Waals surface area contributed by atoms with Gasteiger partial charge < -0.3 is 4.90 Å². The van der Waals surface area contributed by atoms with Crippen molar-refractivity contribution in [2.45, 2.75) is 38.5 Å². The quantitative estimate of drug-likeness (QED) is 0.165. The smallest absolute Gasteiger partial charge is 0.139 e. The maximum absolute atomic E-state index is 5.33. The summed E-state index contributed by atoms with van der Waals surface area (Å²) < 4.78 is 0. The van der Waals surface area contributed by atoms with E-state index < -0.39 is 5.41 Å². The van der Waals surface area contributed by atoms with Crippen molar-refractivity contribution in [1.82, 2.24) is 19.9 Å². The van der Waals surface area contributed by atoms with Crippen LogP contribution >= 0.6 is 0 Å². The minimum atomic E-state index is -0.483. The van der Waals surface area contributed by atoms with E-state index in [0.717, 1.165) is 83.9 Å². The summed E-state index contributed by atoms with van der Waals surface area (Å²) in [5.74, 6) is 3.20. The standard InChI is InChI=1S/C60H45N7/c1-59(2)44-19-9-14-24-52(44)67-53-30-29-42(65(54-31-25-38-15-5-10-20-48(38)61-54)55-32-26-39-16-6-11-21-49(39)62-55)35-45(53)60(3,4)47-37-43(36-46(59)58(47)67)66(56-33-27-40-17-7-12-22-50(40)63-56)57-34-28-41-18-8-13-23-51(41)64-57/h5-37H,1-4H3. The summed E-state index contributed by atoms with van der Waals surface area (Å²) in [7, 11) is 0. The molecule has 7 nitrogen and oxygen atoms in total. The minimum absolute atomic E-state index is 0.347. The molecule has 0 spiro atoms. The van der Waals surface area contributed by atoms with E-state index in [1.807, 2.05) is 12.1 Å². The third kappa shape index (κ3) is 6.04. The number of hydrogen-bond acceptors (Lipinski definition) is 7. The van der Waals surface area contributed by atoms with Gasteiger partial charge in [-0.15, -0.1) is 0 Å². The van der Waals surface area contributed by atoms with Gasteiger partial charge in [0.1, 0.15) is 23.3 Å². The van der Waals surface area contributed by atoms with E-state index in [1.54, 1.807) is 0 Å². The average molecular weight is 864 g/mol. The average Bonchev–Trinajstić information content (AvgIpc) is 3.36. The second kappa shape index (κ2) is 14.5. The molecule has 7 heteroatoms. The SMILES string of the molecule is CC1(C)c2ccccc2N2c3ccc(N(c4ccc5ccccc5n4)c4ccc5ccccc5n4)cc3C(C)(C)c3cc(N(c4ccc5ccccc5n4)c4ccc5ccccc5n4)cc1c32. The summed E-state index contributed by atoms with van der Waals surface area (Å²) in [6, 6.07) is 70.9. The zero-order valence-electron chi connectivity index (χ0n) is 37.7. The van der Waals surface area contributed by atoms with E-state index in [9.17, 15) is 0 Å². The Kier molecular flexibility index (Phi) is 8.46. The molecule has 320 valence electrons. The summed E-state index contributed by atoms with van der Waals surface area (Å²) in [6.45, 7) is 9.48. The van der Waals surface area contributed by atoms with E-state index in [0.29, 0.717) is 0 Å². The van der Waals surface area contributed by atoms with Crippen LogP contribution in [0, 0.1) is 0 Å². The van der Waals surface area contributed by atoms with Crippen LogP contribution in [0.5, 0.6) is 0 Å². The van der Waals surface area contributed by atoms with Crippen molar-refractivity contribution in [1.29, 1.82) is 0 Å². The number of pyridine rings is 4. The Morgan fingerprint density at radius 3 is 1.15 bits per heavy atom. The maximum atomic E-state index is 5.33. The Labute approximate surface area is 389 Å². The highest BCUT2D eigenvalue weighted by atomic mass is 15.3. The molecule has 6 heterocycles. The lowest BCUT2D eigenvalue weighted by Crippen LogP contribution is -2.38. The molecule has 7 aromatic carbocycles. The van der Waals surface area contributed by atoms with E-state index >= 15 is 0 Å². The Morgan fingerprint density at radius 2 is 0.687 bits per heavy atom. The molecule has 13 rings (SSSR count). The van der Waals surface area contributed by atoms with Gasteiger partial charge in [-0.2, -0.15) is 0 Å². The number of nitrogens with zero attached hydrogens (tertiary/aromatic N) is 7. The van der Waals surface area contributed by atoms with Gasteiger partial charge in [-0.05, 0) is 131 Å². The molecule has 11 aromatic rings. The second-order valence-electron chi connectivity index (χ2n) is 18.8. The van der Waals surface area contributed by atoms with Crippen LogP contribution in [0.1, 0.15) is 49.9 Å². The van der Waals surface area contributed by atoms with Crippen LogP contribution in [-0.4, -0.2) is 19.9 Å². The van der Waals surface area contributed by atoms with Crippen LogP contribution in [0.3, 0.4) is 0 Å². The van der Waals surface area contributed by atoms with E-state index in [1.165, 1.54) is 33.6 Å². The topological polar surface area (TPSA) is 61.3 Å². The summed E-state index contributed by atoms with van der Waals surface area (Å²) in [4.78, 5) is 28.2. The molecular formula is C60H45N7. The third-order valence-electron chi connectivity index (χ3n) is 14.1. The first-order chi connectivity index (χ1) is 32.7. The molecule has 0 bridgehead atoms. The molecule has 0 N–H and O–H groups in total. The fourth-order valence-electron chi connectivity index (χ4n) is 10.6. The van der Waals surface area contributed by atoms with Crippen LogP contribution in [0.4, 0.5) is 51.7 Å². The summed E-state index contributed by atoms with van der Waals surface area (Å²) in [6.07, 6.45) is 0. The molecule has 0 unspecified atom stereocenters. The van der Waals surface area contributed by atoms with Gasteiger partial charge >= 0.3 is 0 Å². The minimum Gasteiger partial charge on any atom is -0.309 e. The number of rotatable bonds is 6. The molecule has 0 saturated carbocycles. The van der Waals surface area contributed by atoms with Crippen molar-refractivity contribution in [2.75, 3.05) is 14.7 Å². The zero-order chi connectivity index (χ0) is 45.0. The lowest BCUT2D eigenvalue weighted by molar-refractivity contribution is 0.597. The number of aromatic nitrogens is 4. The summed E-state index contributed by atoms with van der Waals surface area (Å²) in [5.41, 5.74) is 13.4. The summed E-state index contributed by atoms with van der Waals surface area (Å²) >= 11 is 0.